The summed E-state index contributed by atoms with van der Waals surface area (Å²) >= 11 is 1.86. The van der Waals surface area contributed by atoms with E-state index < -0.39 is 0 Å². The predicted molar refractivity (Wildman–Crippen MR) is 142 cm³/mol. The van der Waals surface area contributed by atoms with Gasteiger partial charge in [0.2, 0.25) is 5.95 Å². The largest absolute Gasteiger partial charge is 0.379 e. The van der Waals surface area contributed by atoms with E-state index in [4.69, 9.17) is 14.7 Å². The number of nitrogens with zero attached hydrogens (tertiary/aromatic N) is 5. The Labute approximate surface area is 211 Å². The number of aromatic nitrogens is 4. The summed E-state index contributed by atoms with van der Waals surface area (Å²) in [6.45, 7) is 8.19. The molecule has 1 saturated heterocycles. The number of fused-ring (bicyclic) bond motifs is 3. The molecule has 2 N–H and O–H groups in total. The number of hydrogen-bond donors (Lipinski definition) is 2. The van der Waals surface area contributed by atoms with Crippen LogP contribution in [0.3, 0.4) is 0 Å². The van der Waals surface area contributed by atoms with E-state index in [-0.39, 0.29) is 0 Å². The van der Waals surface area contributed by atoms with Crippen molar-refractivity contribution in [2.45, 2.75) is 83.3 Å². The number of anilines is 3. The van der Waals surface area contributed by atoms with Crippen LogP contribution in [0.4, 0.5) is 17.5 Å². The maximum atomic E-state index is 5.56. The average Bonchev–Trinajstić information content (AvgIpc) is 3.50. The summed E-state index contributed by atoms with van der Waals surface area (Å²) in [6.07, 6.45) is 13.6. The number of rotatable bonds is 6. The lowest BCUT2D eigenvalue weighted by molar-refractivity contribution is 0.00791. The van der Waals surface area contributed by atoms with Crippen molar-refractivity contribution in [3.05, 3.63) is 22.8 Å². The fraction of sp³-hybridized carbons (Fsp3) is 0.654. The second-order valence-electron chi connectivity index (χ2n) is 10.5. The zero-order chi connectivity index (χ0) is 23.8. The van der Waals surface area contributed by atoms with Gasteiger partial charge in [0.15, 0.2) is 0 Å². The van der Waals surface area contributed by atoms with E-state index in [9.17, 15) is 0 Å². The predicted octanol–water partition coefficient (Wildman–Crippen LogP) is 5.15. The third-order valence-corrected chi connectivity index (χ3v) is 8.99. The van der Waals surface area contributed by atoms with Crippen LogP contribution in [0.25, 0.3) is 10.2 Å². The monoisotopic (exact) mass is 495 g/mol. The molecule has 6 rings (SSSR count). The molecule has 0 amide bonds. The second-order valence-corrected chi connectivity index (χ2v) is 11.6. The number of hydrogen-bond acceptors (Lipinski definition) is 8. The Balaban J connectivity index is 1.24. The lowest BCUT2D eigenvalue weighted by atomic mass is 9.89. The summed E-state index contributed by atoms with van der Waals surface area (Å²) in [5.74, 6) is 1.67. The van der Waals surface area contributed by atoms with Crippen LogP contribution >= 0.6 is 11.3 Å². The number of ether oxygens (including phenoxy) is 1. The van der Waals surface area contributed by atoms with Crippen LogP contribution in [-0.4, -0.2) is 63.0 Å². The minimum Gasteiger partial charge on any atom is -0.379 e. The number of morpholine rings is 1. The van der Waals surface area contributed by atoms with Gasteiger partial charge in [-0.1, -0.05) is 0 Å². The number of thiophene rings is 1. The third-order valence-electron chi connectivity index (χ3n) is 7.80. The lowest BCUT2D eigenvalue weighted by Gasteiger charge is -2.39. The van der Waals surface area contributed by atoms with Crippen LogP contribution < -0.4 is 10.6 Å². The van der Waals surface area contributed by atoms with Gasteiger partial charge in [-0.05, 0) is 70.8 Å². The molecule has 1 aliphatic heterocycles. The van der Waals surface area contributed by atoms with E-state index in [0.29, 0.717) is 24.1 Å². The van der Waals surface area contributed by atoms with Crippen LogP contribution in [0.5, 0.6) is 0 Å². The molecule has 0 atom stereocenters. The molecule has 2 fully saturated rings. The molecule has 3 aromatic rings. The van der Waals surface area contributed by atoms with Crippen molar-refractivity contribution in [2.75, 3.05) is 36.9 Å². The summed E-state index contributed by atoms with van der Waals surface area (Å²) in [5, 5.41) is 13.0. The molecule has 0 aromatic carbocycles. The van der Waals surface area contributed by atoms with Gasteiger partial charge in [0.1, 0.15) is 10.6 Å². The summed E-state index contributed by atoms with van der Waals surface area (Å²) < 4.78 is 7.51. The van der Waals surface area contributed by atoms with Crippen LogP contribution in [0.2, 0.25) is 0 Å². The van der Waals surface area contributed by atoms with Crippen LogP contribution in [-0.2, 0) is 17.6 Å². The molecule has 4 heterocycles. The Bertz CT molecular complexity index is 1160. The van der Waals surface area contributed by atoms with Gasteiger partial charge in [-0.25, -0.2) is 4.98 Å². The van der Waals surface area contributed by atoms with E-state index in [2.05, 4.69) is 34.5 Å². The quantitative estimate of drug-likeness (QED) is 0.490. The highest BCUT2D eigenvalue weighted by Crippen LogP contribution is 2.40. The van der Waals surface area contributed by atoms with Gasteiger partial charge in [-0.15, -0.1) is 11.3 Å². The van der Waals surface area contributed by atoms with E-state index >= 15 is 0 Å². The molecule has 0 bridgehead atoms. The molecule has 9 heteroatoms. The molecule has 3 aliphatic rings. The Kier molecular flexibility index (Phi) is 6.64. The molecule has 0 spiro atoms. The van der Waals surface area contributed by atoms with Crippen molar-refractivity contribution in [1.82, 2.24) is 24.6 Å². The van der Waals surface area contributed by atoms with Crippen molar-refractivity contribution in [2.24, 2.45) is 0 Å². The normalized spacial score (nSPS) is 23.5. The Morgan fingerprint density at radius 2 is 1.86 bits per heavy atom. The van der Waals surface area contributed by atoms with Gasteiger partial charge in [0.25, 0.3) is 0 Å². The standard InChI is InChI=1S/C26H37N7OS/c1-17(2)33-16-19(15-27-33)29-26-30-24(23-21-5-3-4-6-22(21)35-25(23)31-26)28-18-7-9-20(10-8-18)32-11-13-34-14-12-32/h15-18,20H,3-14H2,1-2H3,(H2,28,29,30,31)/t18-,20-. The first-order valence-electron chi connectivity index (χ1n) is 13.4. The number of nitrogens with one attached hydrogen (secondary N) is 2. The zero-order valence-corrected chi connectivity index (χ0v) is 21.7. The topological polar surface area (TPSA) is 80.1 Å². The van der Waals surface area contributed by atoms with Gasteiger partial charge >= 0.3 is 0 Å². The average molecular weight is 496 g/mol. The highest BCUT2D eigenvalue weighted by atomic mass is 32.1. The molecule has 3 aromatic heterocycles. The zero-order valence-electron chi connectivity index (χ0n) is 20.9. The van der Waals surface area contributed by atoms with Crippen molar-refractivity contribution in [3.8, 4) is 0 Å². The van der Waals surface area contributed by atoms with Crippen molar-refractivity contribution in [1.29, 1.82) is 0 Å². The van der Waals surface area contributed by atoms with Crippen LogP contribution in [0.1, 0.15) is 68.9 Å². The van der Waals surface area contributed by atoms with Crippen LogP contribution in [0.15, 0.2) is 12.4 Å². The first-order chi connectivity index (χ1) is 17.1. The minimum absolute atomic E-state index is 0.322. The summed E-state index contributed by atoms with van der Waals surface area (Å²) in [6, 6.07) is 1.48. The molecule has 35 heavy (non-hydrogen) atoms. The fourth-order valence-corrected chi connectivity index (χ4v) is 7.11. The summed E-state index contributed by atoms with van der Waals surface area (Å²) in [7, 11) is 0. The van der Waals surface area contributed by atoms with Gasteiger partial charge in [-0.3, -0.25) is 9.58 Å². The number of aryl methyl sites for hydroxylation is 2. The van der Waals surface area contributed by atoms with E-state index in [1.807, 2.05) is 28.4 Å². The third kappa shape index (κ3) is 4.90. The molecule has 188 valence electrons. The molecule has 2 aliphatic carbocycles. The molecular weight excluding hydrogens is 458 g/mol. The minimum atomic E-state index is 0.322. The van der Waals surface area contributed by atoms with Crippen LogP contribution in [0, 0.1) is 0 Å². The van der Waals surface area contributed by atoms with E-state index in [1.54, 1.807) is 0 Å². The highest BCUT2D eigenvalue weighted by molar-refractivity contribution is 7.19. The Morgan fingerprint density at radius 3 is 2.63 bits per heavy atom. The maximum absolute atomic E-state index is 5.56. The van der Waals surface area contributed by atoms with Crippen molar-refractivity contribution < 1.29 is 4.74 Å². The fourth-order valence-electron chi connectivity index (χ4n) is 5.85. The Morgan fingerprint density at radius 1 is 1.06 bits per heavy atom. The summed E-state index contributed by atoms with van der Waals surface area (Å²) in [4.78, 5) is 15.2. The lowest BCUT2D eigenvalue weighted by Crippen LogP contribution is -2.46. The first-order valence-corrected chi connectivity index (χ1v) is 14.2. The van der Waals surface area contributed by atoms with Crippen molar-refractivity contribution in [3.63, 3.8) is 0 Å². The molecule has 8 nitrogen and oxygen atoms in total. The van der Waals surface area contributed by atoms with Gasteiger partial charge in [0, 0.05) is 42.3 Å². The van der Waals surface area contributed by atoms with Gasteiger partial charge in [0.05, 0.1) is 30.5 Å². The van der Waals surface area contributed by atoms with Gasteiger partial charge < -0.3 is 15.4 Å². The molecular formula is C26H37N7OS. The summed E-state index contributed by atoms with van der Waals surface area (Å²) in [5.41, 5.74) is 2.41. The van der Waals surface area contributed by atoms with Gasteiger partial charge in [-0.2, -0.15) is 10.1 Å². The Hall–Kier alpha value is -2.23. The molecule has 0 unspecified atom stereocenters. The highest BCUT2D eigenvalue weighted by Gasteiger charge is 2.28. The smallest absolute Gasteiger partial charge is 0.230 e. The SMILES string of the molecule is CC(C)n1cc(Nc2nc(N[C@H]3CC[C@H](N4CCOCC4)CC3)c3c4c(sc3n2)CCCC4)cn1. The second kappa shape index (κ2) is 10.0. The van der Waals surface area contributed by atoms with Crippen molar-refractivity contribution >= 4 is 39.0 Å². The van der Waals surface area contributed by atoms with E-state index in [1.165, 1.54) is 60.8 Å². The maximum Gasteiger partial charge on any atom is 0.230 e. The molecule has 0 radical (unpaired) electrons. The van der Waals surface area contributed by atoms with E-state index in [0.717, 1.165) is 49.1 Å². The molecule has 1 saturated carbocycles. The first kappa shape index (κ1) is 23.2.